The second-order valence-corrected chi connectivity index (χ2v) is 5.11. The van der Waals surface area contributed by atoms with Crippen molar-refractivity contribution < 1.29 is 14.3 Å². The van der Waals surface area contributed by atoms with Gasteiger partial charge >= 0.3 is 5.97 Å². The molecule has 0 radical (unpaired) electrons. The zero-order chi connectivity index (χ0) is 16.7. The van der Waals surface area contributed by atoms with Gasteiger partial charge in [0.15, 0.2) is 0 Å². The highest BCUT2D eigenvalue weighted by atomic mass is 16.5. The topological polar surface area (TPSA) is 67.4 Å². The Morgan fingerprint density at radius 2 is 1.74 bits per heavy atom. The number of para-hydroxylation sites is 1. The summed E-state index contributed by atoms with van der Waals surface area (Å²) in [6.07, 6.45) is 0.354. The third-order valence-electron chi connectivity index (χ3n) is 3.40. The van der Waals surface area contributed by atoms with E-state index >= 15 is 0 Å². The first-order chi connectivity index (χ1) is 11.1. The van der Waals surface area contributed by atoms with Crippen molar-refractivity contribution >= 4 is 23.3 Å². The molecule has 2 aromatic carbocycles. The number of hydrogen-bond acceptors (Lipinski definition) is 4. The summed E-state index contributed by atoms with van der Waals surface area (Å²) in [6.45, 7) is 2.57. The normalized spacial score (nSPS) is 10.0. The van der Waals surface area contributed by atoms with Crippen molar-refractivity contribution in [1.29, 1.82) is 0 Å². The Morgan fingerprint density at radius 3 is 2.39 bits per heavy atom. The number of nitrogens with one attached hydrogen (secondary N) is 2. The van der Waals surface area contributed by atoms with Gasteiger partial charge in [-0.3, -0.25) is 4.79 Å². The molecule has 2 rings (SSSR count). The van der Waals surface area contributed by atoms with Crippen LogP contribution in [-0.2, 0) is 9.53 Å². The number of benzene rings is 2. The van der Waals surface area contributed by atoms with Gasteiger partial charge in [0.2, 0.25) is 5.91 Å². The van der Waals surface area contributed by atoms with E-state index in [4.69, 9.17) is 0 Å². The zero-order valence-electron chi connectivity index (χ0n) is 13.3. The Balaban J connectivity index is 1.81. The smallest absolute Gasteiger partial charge is 0.337 e. The quantitative estimate of drug-likeness (QED) is 0.804. The van der Waals surface area contributed by atoms with Crippen molar-refractivity contribution in [3.63, 3.8) is 0 Å². The maximum Gasteiger partial charge on any atom is 0.337 e. The largest absolute Gasteiger partial charge is 0.465 e. The van der Waals surface area contributed by atoms with E-state index < -0.39 is 5.97 Å². The lowest BCUT2D eigenvalue weighted by atomic mass is 10.2. The van der Waals surface area contributed by atoms with Crippen LogP contribution in [-0.4, -0.2) is 25.5 Å². The minimum atomic E-state index is -0.398. The van der Waals surface area contributed by atoms with Crippen LogP contribution in [0.3, 0.4) is 0 Å². The number of esters is 1. The summed E-state index contributed by atoms with van der Waals surface area (Å²) in [7, 11) is 1.33. The molecule has 0 aliphatic rings. The minimum Gasteiger partial charge on any atom is -0.465 e. The van der Waals surface area contributed by atoms with Gasteiger partial charge in [-0.15, -0.1) is 0 Å². The summed E-state index contributed by atoms with van der Waals surface area (Å²) >= 11 is 0. The number of aryl methyl sites for hydroxylation is 1. The number of ether oxygens (including phenoxy) is 1. The predicted octanol–water partition coefficient (Wildman–Crippen LogP) is 3.22. The maximum atomic E-state index is 11.9. The van der Waals surface area contributed by atoms with E-state index in [9.17, 15) is 9.59 Å². The van der Waals surface area contributed by atoms with Crippen LogP contribution in [0.2, 0.25) is 0 Å². The Morgan fingerprint density at radius 1 is 1.04 bits per heavy atom. The molecule has 23 heavy (non-hydrogen) atoms. The lowest BCUT2D eigenvalue weighted by Gasteiger charge is -2.09. The van der Waals surface area contributed by atoms with Gasteiger partial charge in [0.05, 0.1) is 12.7 Å². The Labute approximate surface area is 135 Å². The first-order valence-corrected chi connectivity index (χ1v) is 7.38. The molecule has 0 aliphatic carbocycles. The lowest BCUT2D eigenvalue weighted by Crippen LogP contribution is -2.16. The van der Waals surface area contributed by atoms with Gasteiger partial charge in [-0.05, 0) is 42.8 Å². The molecule has 2 N–H and O–H groups in total. The van der Waals surface area contributed by atoms with Crippen molar-refractivity contribution in [2.24, 2.45) is 0 Å². The molecule has 0 saturated heterocycles. The number of anilines is 2. The van der Waals surface area contributed by atoms with E-state index in [1.807, 2.05) is 31.2 Å². The molecular weight excluding hydrogens is 292 g/mol. The Hall–Kier alpha value is -2.82. The van der Waals surface area contributed by atoms with Crippen LogP contribution in [0.5, 0.6) is 0 Å². The highest BCUT2D eigenvalue weighted by molar-refractivity contribution is 5.93. The van der Waals surface area contributed by atoms with Crippen LogP contribution in [0.25, 0.3) is 0 Å². The third-order valence-corrected chi connectivity index (χ3v) is 3.40. The molecular formula is C18H20N2O3. The molecule has 0 heterocycles. The fraction of sp³-hybridized carbons (Fsp3) is 0.222. The second kappa shape index (κ2) is 7.98. The van der Waals surface area contributed by atoms with E-state index in [0.717, 1.165) is 11.3 Å². The van der Waals surface area contributed by atoms with E-state index in [0.29, 0.717) is 24.2 Å². The van der Waals surface area contributed by atoms with Gasteiger partial charge in [0.1, 0.15) is 0 Å². The van der Waals surface area contributed by atoms with Crippen LogP contribution in [0, 0.1) is 6.92 Å². The summed E-state index contributed by atoms with van der Waals surface area (Å²) in [6, 6.07) is 14.5. The molecule has 0 unspecified atom stereocenters. The standard InChI is InChI=1S/C18H20N2O3/c1-13-5-3-4-6-16(13)19-12-11-17(21)20-15-9-7-14(8-10-15)18(22)23-2/h3-10,19H,11-12H2,1-2H3,(H,20,21). The number of rotatable bonds is 6. The molecule has 5 nitrogen and oxygen atoms in total. The van der Waals surface area contributed by atoms with Crippen molar-refractivity contribution in [1.82, 2.24) is 0 Å². The fourth-order valence-electron chi connectivity index (χ4n) is 2.11. The lowest BCUT2D eigenvalue weighted by molar-refractivity contribution is -0.115. The molecule has 2 aromatic rings. The molecule has 0 spiro atoms. The van der Waals surface area contributed by atoms with E-state index in [2.05, 4.69) is 15.4 Å². The predicted molar refractivity (Wildman–Crippen MR) is 90.7 cm³/mol. The monoisotopic (exact) mass is 312 g/mol. The van der Waals surface area contributed by atoms with Gasteiger partial charge in [0.25, 0.3) is 0 Å². The summed E-state index contributed by atoms with van der Waals surface area (Å²) < 4.78 is 4.63. The zero-order valence-corrected chi connectivity index (χ0v) is 13.3. The van der Waals surface area contributed by atoms with Crippen LogP contribution >= 0.6 is 0 Å². The highest BCUT2D eigenvalue weighted by Gasteiger charge is 2.06. The van der Waals surface area contributed by atoms with Crippen molar-refractivity contribution in [3.8, 4) is 0 Å². The molecule has 1 amide bonds. The summed E-state index contributed by atoms with van der Waals surface area (Å²) in [5.74, 6) is -0.484. The summed E-state index contributed by atoms with van der Waals surface area (Å²) in [5.41, 5.74) is 3.28. The number of hydrogen-bond donors (Lipinski definition) is 2. The maximum absolute atomic E-state index is 11.9. The SMILES string of the molecule is COC(=O)c1ccc(NC(=O)CCNc2ccccc2C)cc1. The Kier molecular flexibility index (Phi) is 5.74. The van der Waals surface area contributed by atoms with Gasteiger partial charge < -0.3 is 15.4 Å². The molecule has 0 saturated carbocycles. The Bertz CT molecular complexity index is 681. The number of methoxy groups -OCH3 is 1. The van der Waals surface area contributed by atoms with Gasteiger partial charge in [-0.1, -0.05) is 18.2 Å². The molecule has 0 aromatic heterocycles. The van der Waals surface area contributed by atoms with Gasteiger partial charge in [-0.2, -0.15) is 0 Å². The number of carbonyl (C=O) groups is 2. The summed E-state index contributed by atoms with van der Waals surface area (Å²) in [4.78, 5) is 23.3. The first kappa shape index (κ1) is 16.5. The number of carbonyl (C=O) groups excluding carboxylic acids is 2. The number of amides is 1. The van der Waals surface area contributed by atoms with Crippen molar-refractivity contribution in [2.75, 3.05) is 24.3 Å². The van der Waals surface area contributed by atoms with E-state index in [1.165, 1.54) is 7.11 Å². The van der Waals surface area contributed by atoms with Crippen LogP contribution < -0.4 is 10.6 Å². The molecule has 0 fully saturated rings. The molecule has 0 bridgehead atoms. The van der Waals surface area contributed by atoms with Crippen LogP contribution in [0.15, 0.2) is 48.5 Å². The minimum absolute atomic E-state index is 0.0862. The first-order valence-electron chi connectivity index (χ1n) is 7.38. The average molecular weight is 312 g/mol. The average Bonchev–Trinajstić information content (AvgIpc) is 2.56. The van der Waals surface area contributed by atoms with Crippen LogP contribution in [0.1, 0.15) is 22.3 Å². The fourth-order valence-corrected chi connectivity index (χ4v) is 2.11. The highest BCUT2D eigenvalue weighted by Crippen LogP contribution is 2.13. The molecule has 0 aliphatic heterocycles. The van der Waals surface area contributed by atoms with E-state index in [-0.39, 0.29) is 5.91 Å². The second-order valence-electron chi connectivity index (χ2n) is 5.11. The van der Waals surface area contributed by atoms with Crippen LogP contribution in [0.4, 0.5) is 11.4 Å². The van der Waals surface area contributed by atoms with Crippen molar-refractivity contribution in [2.45, 2.75) is 13.3 Å². The molecule has 5 heteroatoms. The molecule has 0 atom stereocenters. The van der Waals surface area contributed by atoms with Gasteiger partial charge in [-0.25, -0.2) is 4.79 Å². The molecule has 120 valence electrons. The van der Waals surface area contributed by atoms with Gasteiger partial charge in [0, 0.05) is 24.3 Å². The van der Waals surface area contributed by atoms with E-state index in [1.54, 1.807) is 24.3 Å². The summed E-state index contributed by atoms with van der Waals surface area (Å²) in [5, 5.41) is 6.04. The van der Waals surface area contributed by atoms with Crippen molar-refractivity contribution in [3.05, 3.63) is 59.7 Å². The third kappa shape index (κ3) is 4.85.